The molecule has 5 heteroatoms. The van der Waals surface area contributed by atoms with Crippen LogP contribution >= 0.6 is 0 Å². The maximum Gasteiger partial charge on any atom is 0.138 e. The summed E-state index contributed by atoms with van der Waals surface area (Å²) in [5, 5.41) is 4.13. The van der Waals surface area contributed by atoms with Crippen LogP contribution in [0.3, 0.4) is 0 Å². The minimum absolute atomic E-state index is 0.702. The minimum Gasteiger partial charge on any atom is -0.338 e. The van der Waals surface area contributed by atoms with Crippen molar-refractivity contribution in [2.75, 3.05) is 0 Å². The number of aromatic amines is 1. The fourth-order valence-electron chi connectivity index (χ4n) is 2.41. The van der Waals surface area contributed by atoms with E-state index in [1.54, 1.807) is 17.3 Å². The Balaban J connectivity index is 1.71. The molecule has 2 heterocycles. The molecule has 1 N–H and O–H groups in total. The van der Waals surface area contributed by atoms with Gasteiger partial charge in [0.25, 0.3) is 0 Å². The molecule has 0 radical (unpaired) electrons. The lowest BCUT2D eigenvalue weighted by atomic mass is 10.1. The molecule has 0 fully saturated rings. The Hall–Kier alpha value is -2.95. The summed E-state index contributed by atoms with van der Waals surface area (Å²) in [6.45, 7) is 0.702. The molecule has 0 saturated carbocycles. The zero-order valence-electron chi connectivity index (χ0n) is 11.3. The van der Waals surface area contributed by atoms with Gasteiger partial charge in [0.2, 0.25) is 0 Å². The van der Waals surface area contributed by atoms with E-state index in [-0.39, 0.29) is 0 Å². The second kappa shape index (κ2) is 4.86. The molecule has 4 aromatic rings. The van der Waals surface area contributed by atoms with Crippen molar-refractivity contribution in [3.05, 3.63) is 66.7 Å². The Morgan fingerprint density at radius 1 is 1.05 bits per heavy atom. The van der Waals surface area contributed by atoms with Crippen LogP contribution in [-0.4, -0.2) is 24.7 Å². The topological polar surface area (TPSA) is 59.4 Å². The van der Waals surface area contributed by atoms with E-state index in [2.05, 4.69) is 38.2 Å². The maximum absolute atomic E-state index is 4.63. The van der Waals surface area contributed by atoms with E-state index in [4.69, 9.17) is 0 Å². The van der Waals surface area contributed by atoms with Crippen LogP contribution in [0.2, 0.25) is 0 Å². The van der Waals surface area contributed by atoms with Crippen molar-refractivity contribution in [1.82, 2.24) is 24.7 Å². The molecule has 21 heavy (non-hydrogen) atoms. The summed E-state index contributed by atoms with van der Waals surface area (Å²) in [4.78, 5) is 11.9. The first-order valence-corrected chi connectivity index (χ1v) is 6.75. The number of hydrogen-bond acceptors (Lipinski definition) is 3. The van der Waals surface area contributed by atoms with Crippen LogP contribution < -0.4 is 0 Å². The number of rotatable bonds is 3. The van der Waals surface area contributed by atoms with Gasteiger partial charge in [0.1, 0.15) is 18.5 Å². The summed E-state index contributed by atoms with van der Waals surface area (Å²) < 4.78 is 1.80. The number of para-hydroxylation sites is 2. The zero-order chi connectivity index (χ0) is 14.1. The molecule has 0 bridgehead atoms. The summed E-state index contributed by atoms with van der Waals surface area (Å²) >= 11 is 0. The SMILES string of the molecule is c1cc(Cn2cncn2)cc(-c2nc3ccccc3[nH]2)c1. The van der Waals surface area contributed by atoms with Crippen molar-refractivity contribution < 1.29 is 0 Å². The van der Waals surface area contributed by atoms with Gasteiger partial charge in [-0.05, 0) is 23.8 Å². The molecule has 0 saturated heterocycles. The Kier molecular flexibility index (Phi) is 2.74. The van der Waals surface area contributed by atoms with Crippen molar-refractivity contribution in [3.63, 3.8) is 0 Å². The van der Waals surface area contributed by atoms with Crippen LogP contribution in [0.15, 0.2) is 61.2 Å². The largest absolute Gasteiger partial charge is 0.338 e. The van der Waals surface area contributed by atoms with Gasteiger partial charge in [-0.3, -0.25) is 0 Å². The van der Waals surface area contributed by atoms with Gasteiger partial charge in [0, 0.05) is 5.56 Å². The van der Waals surface area contributed by atoms with E-state index in [0.29, 0.717) is 6.54 Å². The average Bonchev–Trinajstić information content (AvgIpc) is 3.16. The smallest absolute Gasteiger partial charge is 0.138 e. The van der Waals surface area contributed by atoms with Gasteiger partial charge in [-0.2, -0.15) is 5.10 Å². The third-order valence-corrected chi connectivity index (χ3v) is 3.40. The molecule has 4 rings (SSSR count). The molecule has 0 unspecified atom stereocenters. The molecule has 5 nitrogen and oxygen atoms in total. The lowest BCUT2D eigenvalue weighted by Gasteiger charge is -2.03. The molecular weight excluding hydrogens is 262 g/mol. The van der Waals surface area contributed by atoms with Gasteiger partial charge in [0.05, 0.1) is 17.6 Å². The number of nitrogens with zero attached hydrogens (tertiary/aromatic N) is 4. The van der Waals surface area contributed by atoms with Gasteiger partial charge in [-0.15, -0.1) is 0 Å². The molecule has 0 spiro atoms. The lowest BCUT2D eigenvalue weighted by Crippen LogP contribution is -1.99. The summed E-state index contributed by atoms with van der Waals surface area (Å²) in [5.74, 6) is 0.886. The summed E-state index contributed by atoms with van der Waals surface area (Å²) in [6.07, 6.45) is 3.26. The third kappa shape index (κ3) is 2.29. The van der Waals surface area contributed by atoms with Crippen LogP contribution in [0.4, 0.5) is 0 Å². The summed E-state index contributed by atoms with van der Waals surface area (Å²) in [6, 6.07) is 16.3. The highest BCUT2D eigenvalue weighted by Crippen LogP contribution is 2.21. The summed E-state index contributed by atoms with van der Waals surface area (Å²) in [5.41, 5.74) is 4.27. The van der Waals surface area contributed by atoms with E-state index in [9.17, 15) is 0 Å². The normalized spacial score (nSPS) is 11.0. The predicted molar refractivity (Wildman–Crippen MR) is 80.7 cm³/mol. The van der Waals surface area contributed by atoms with Crippen LogP contribution in [0.25, 0.3) is 22.4 Å². The first-order valence-electron chi connectivity index (χ1n) is 6.75. The molecule has 0 aliphatic carbocycles. The van der Waals surface area contributed by atoms with E-state index >= 15 is 0 Å². The molecule has 0 atom stereocenters. The Labute approximate surface area is 121 Å². The van der Waals surface area contributed by atoms with E-state index in [1.807, 2.05) is 30.3 Å². The highest BCUT2D eigenvalue weighted by atomic mass is 15.3. The van der Waals surface area contributed by atoms with Gasteiger partial charge in [0.15, 0.2) is 0 Å². The molecular formula is C16H13N5. The van der Waals surface area contributed by atoms with Gasteiger partial charge in [-0.1, -0.05) is 30.3 Å². The van der Waals surface area contributed by atoms with Gasteiger partial charge >= 0.3 is 0 Å². The number of aromatic nitrogens is 5. The van der Waals surface area contributed by atoms with E-state index in [1.165, 1.54) is 5.56 Å². The maximum atomic E-state index is 4.63. The Morgan fingerprint density at radius 3 is 2.86 bits per heavy atom. The summed E-state index contributed by atoms with van der Waals surface area (Å²) in [7, 11) is 0. The number of benzene rings is 2. The molecule has 102 valence electrons. The number of nitrogens with one attached hydrogen (secondary N) is 1. The first-order chi connectivity index (χ1) is 10.4. The van der Waals surface area contributed by atoms with Crippen molar-refractivity contribution in [1.29, 1.82) is 0 Å². The standard InChI is InChI=1S/C16H13N5/c1-2-7-15-14(6-1)19-16(20-15)13-5-3-4-12(8-13)9-21-11-17-10-18-21/h1-8,10-11H,9H2,(H,19,20). The number of H-pyrrole nitrogens is 1. The third-order valence-electron chi connectivity index (χ3n) is 3.40. The fourth-order valence-corrected chi connectivity index (χ4v) is 2.41. The average molecular weight is 275 g/mol. The first kappa shape index (κ1) is 11.8. The molecule has 2 aromatic heterocycles. The van der Waals surface area contributed by atoms with Crippen molar-refractivity contribution in [2.45, 2.75) is 6.54 Å². The highest BCUT2D eigenvalue weighted by molar-refractivity contribution is 5.79. The number of imidazole rings is 1. The quantitative estimate of drug-likeness (QED) is 0.625. The monoisotopic (exact) mass is 275 g/mol. The molecule has 2 aromatic carbocycles. The minimum atomic E-state index is 0.702. The Bertz CT molecular complexity index is 843. The van der Waals surface area contributed by atoms with Gasteiger partial charge in [-0.25, -0.2) is 14.6 Å². The zero-order valence-corrected chi connectivity index (χ0v) is 11.3. The lowest BCUT2D eigenvalue weighted by molar-refractivity contribution is 0.685. The predicted octanol–water partition coefficient (Wildman–Crippen LogP) is 2.87. The van der Waals surface area contributed by atoms with Crippen LogP contribution in [-0.2, 0) is 6.54 Å². The fraction of sp³-hybridized carbons (Fsp3) is 0.0625. The van der Waals surface area contributed by atoms with Crippen LogP contribution in [0.5, 0.6) is 0 Å². The highest BCUT2D eigenvalue weighted by Gasteiger charge is 2.05. The van der Waals surface area contributed by atoms with Gasteiger partial charge < -0.3 is 4.98 Å². The van der Waals surface area contributed by atoms with Crippen LogP contribution in [0.1, 0.15) is 5.56 Å². The number of hydrogen-bond donors (Lipinski definition) is 1. The van der Waals surface area contributed by atoms with E-state index < -0.39 is 0 Å². The molecule has 0 aliphatic rings. The molecule has 0 aliphatic heterocycles. The second-order valence-electron chi connectivity index (χ2n) is 4.90. The Morgan fingerprint density at radius 2 is 2.00 bits per heavy atom. The van der Waals surface area contributed by atoms with Crippen LogP contribution in [0, 0.1) is 0 Å². The van der Waals surface area contributed by atoms with Crippen molar-refractivity contribution in [3.8, 4) is 11.4 Å². The molecule has 0 amide bonds. The van der Waals surface area contributed by atoms with Crippen molar-refractivity contribution in [2.24, 2.45) is 0 Å². The van der Waals surface area contributed by atoms with E-state index in [0.717, 1.165) is 22.4 Å². The second-order valence-corrected chi connectivity index (χ2v) is 4.90. The van der Waals surface area contributed by atoms with Crippen molar-refractivity contribution >= 4 is 11.0 Å². The number of fused-ring (bicyclic) bond motifs is 1.